The van der Waals surface area contributed by atoms with Crippen molar-refractivity contribution in [3.05, 3.63) is 23.9 Å². The molecule has 0 radical (unpaired) electrons. The lowest BCUT2D eigenvalue weighted by Gasteiger charge is -2.01. The summed E-state index contributed by atoms with van der Waals surface area (Å²) >= 11 is 2.88. The molecule has 0 amide bonds. The van der Waals surface area contributed by atoms with E-state index in [0.29, 0.717) is 12.2 Å². The molecule has 0 bridgehead atoms. The maximum absolute atomic E-state index is 11.5. The lowest BCUT2D eigenvalue weighted by molar-refractivity contribution is 0.0525. The van der Waals surface area contributed by atoms with Crippen LogP contribution in [0.1, 0.15) is 24.2 Å². The van der Waals surface area contributed by atoms with Crippen LogP contribution in [0, 0.1) is 0 Å². The van der Waals surface area contributed by atoms with E-state index < -0.39 is 0 Å². The van der Waals surface area contributed by atoms with E-state index in [2.05, 4.69) is 20.5 Å². The quantitative estimate of drug-likeness (QED) is 0.822. The third-order valence-electron chi connectivity index (χ3n) is 2.17. The van der Waals surface area contributed by atoms with Crippen LogP contribution in [0.3, 0.4) is 0 Å². The van der Waals surface area contributed by atoms with Gasteiger partial charge in [-0.25, -0.2) is 9.78 Å². The number of carbonyl (C=O) groups excluding carboxylic acids is 1. The van der Waals surface area contributed by atoms with Gasteiger partial charge in [-0.05, 0) is 37.7 Å². The van der Waals surface area contributed by atoms with Crippen molar-refractivity contribution in [1.82, 2.24) is 15.2 Å². The first-order chi connectivity index (χ1) is 9.72. The molecule has 8 heteroatoms. The molecule has 0 aromatic carbocycles. The summed E-state index contributed by atoms with van der Waals surface area (Å²) in [5, 5.41) is 12.7. The summed E-state index contributed by atoms with van der Waals surface area (Å²) in [7, 11) is 0. The summed E-state index contributed by atoms with van der Waals surface area (Å²) < 4.78 is 5.71. The number of anilines is 1. The Bertz CT molecular complexity index is 571. The van der Waals surface area contributed by atoms with Gasteiger partial charge in [0.2, 0.25) is 5.13 Å². The van der Waals surface area contributed by atoms with Crippen molar-refractivity contribution in [3.63, 3.8) is 0 Å². The zero-order valence-electron chi connectivity index (χ0n) is 11.1. The van der Waals surface area contributed by atoms with Gasteiger partial charge in [0.1, 0.15) is 5.03 Å². The number of nitrogens with zero attached hydrogens (tertiary/aromatic N) is 3. The highest BCUT2D eigenvalue weighted by Crippen LogP contribution is 2.30. The van der Waals surface area contributed by atoms with Crippen LogP contribution in [0.15, 0.2) is 27.7 Å². The smallest absolute Gasteiger partial charge is 0.339 e. The molecule has 0 atom stereocenters. The molecule has 0 unspecified atom stereocenters. The van der Waals surface area contributed by atoms with Crippen molar-refractivity contribution < 1.29 is 9.53 Å². The minimum atomic E-state index is -0.359. The maximum Gasteiger partial charge on any atom is 0.339 e. The van der Waals surface area contributed by atoms with E-state index in [-0.39, 0.29) is 5.97 Å². The third kappa shape index (κ3) is 3.91. The molecule has 0 spiro atoms. The number of hydrogen-bond acceptors (Lipinski definition) is 8. The molecule has 0 saturated carbocycles. The second kappa shape index (κ2) is 7.20. The van der Waals surface area contributed by atoms with Crippen LogP contribution in [0.5, 0.6) is 0 Å². The summed E-state index contributed by atoms with van der Waals surface area (Å²) in [5.41, 5.74) is 0.446. The second-order valence-electron chi connectivity index (χ2n) is 3.61. The number of hydrogen-bond donors (Lipinski definition) is 1. The Kier molecular flexibility index (Phi) is 5.31. The molecule has 0 aliphatic carbocycles. The first-order valence-electron chi connectivity index (χ1n) is 6.11. The van der Waals surface area contributed by atoms with E-state index in [0.717, 1.165) is 21.0 Å². The predicted molar refractivity (Wildman–Crippen MR) is 78.4 cm³/mol. The highest BCUT2D eigenvalue weighted by Gasteiger charge is 2.09. The molecule has 106 valence electrons. The maximum atomic E-state index is 11.5. The zero-order chi connectivity index (χ0) is 14.4. The third-order valence-corrected chi connectivity index (χ3v) is 4.06. The monoisotopic (exact) mass is 310 g/mol. The molecular weight excluding hydrogens is 296 g/mol. The van der Waals surface area contributed by atoms with Gasteiger partial charge in [-0.3, -0.25) is 0 Å². The van der Waals surface area contributed by atoms with Crippen molar-refractivity contribution in [1.29, 1.82) is 0 Å². The van der Waals surface area contributed by atoms with Crippen LogP contribution in [0.4, 0.5) is 5.13 Å². The van der Waals surface area contributed by atoms with Crippen molar-refractivity contribution >= 4 is 34.2 Å². The summed E-state index contributed by atoms with van der Waals surface area (Å²) in [6.45, 7) is 4.94. The first-order valence-corrected chi connectivity index (χ1v) is 7.74. The van der Waals surface area contributed by atoms with Gasteiger partial charge in [-0.1, -0.05) is 11.3 Å². The van der Waals surface area contributed by atoms with Gasteiger partial charge in [0.15, 0.2) is 4.34 Å². The number of carbonyl (C=O) groups is 1. The number of aromatic nitrogens is 3. The number of esters is 1. The minimum Gasteiger partial charge on any atom is -0.462 e. The standard InChI is InChI=1S/C12H14N4O2S2/c1-3-13-11-15-16-12(20-11)19-9-6-5-8(7-14-9)10(17)18-4-2/h5-7H,3-4H2,1-2H3,(H,13,15). The van der Waals surface area contributed by atoms with Crippen LogP contribution >= 0.6 is 23.1 Å². The van der Waals surface area contributed by atoms with E-state index >= 15 is 0 Å². The lowest BCUT2D eigenvalue weighted by Crippen LogP contribution is -2.04. The Labute approximate surface area is 125 Å². The molecule has 2 heterocycles. The predicted octanol–water partition coefficient (Wildman–Crippen LogP) is 2.69. The van der Waals surface area contributed by atoms with Crippen molar-refractivity contribution in [2.24, 2.45) is 0 Å². The molecule has 20 heavy (non-hydrogen) atoms. The lowest BCUT2D eigenvalue weighted by atomic mass is 10.3. The largest absolute Gasteiger partial charge is 0.462 e. The first kappa shape index (κ1) is 14.7. The molecule has 0 aliphatic rings. The number of ether oxygens (including phenoxy) is 1. The highest BCUT2D eigenvalue weighted by molar-refractivity contribution is 8.01. The molecule has 1 N–H and O–H groups in total. The minimum absolute atomic E-state index is 0.354. The van der Waals surface area contributed by atoms with Crippen LogP contribution in [-0.2, 0) is 4.74 Å². The molecule has 2 aromatic heterocycles. The molecular formula is C12H14N4O2S2. The van der Waals surface area contributed by atoms with Crippen LogP contribution in [0.25, 0.3) is 0 Å². The van der Waals surface area contributed by atoms with Crippen LogP contribution in [0.2, 0.25) is 0 Å². The van der Waals surface area contributed by atoms with Gasteiger partial charge >= 0.3 is 5.97 Å². The van der Waals surface area contributed by atoms with Crippen molar-refractivity contribution in [2.75, 3.05) is 18.5 Å². The molecule has 2 aromatic rings. The van der Waals surface area contributed by atoms with Gasteiger partial charge in [-0.2, -0.15) is 0 Å². The topological polar surface area (TPSA) is 77.0 Å². The Morgan fingerprint density at radius 3 is 2.90 bits per heavy atom. The van der Waals surface area contributed by atoms with Crippen LogP contribution in [-0.4, -0.2) is 34.3 Å². The van der Waals surface area contributed by atoms with Gasteiger partial charge in [0, 0.05) is 12.7 Å². The summed E-state index contributed by atoms with van der Waals surface area (Å²) in [6.07, 6.45) is 1.51. The fraction of sp³-hybridized carbons (Fsp3) is 0.333. The SMILES string of the molecule is CCNc1nnc(Sc2ccc(C(=O)OCC)cn2)s1. The highest BCUT2D eigenvalue weighted by atomic mass is 32.2. The van der Waals surface area contributed by atoms with E-state index in [9.17, 15) is 4.79 Å². The normalized spacial score (nSPS) is 10.3. The molecule has 0 fully saturated rings. The van der Waals surface area contributed by atoms with E-state index in [1.54, 1.807) is 19.1 Å². The molecule has 2 rings (SSSR count). The van der Waals surface area contributed by atoms with Gasteiger partial charge < -0.3 is 10.1 Å². The number of rotatable bonds is 6. The Morgan fingerprint density at radius 1 is 1.40 bits per heavy atom. The van der Waals surface area contributed by atoms with Gasteiger partial charge in [-0.15, -0.1) is 10.2 Å². The van der Waals surface area contributed by atoms with Crippen LogP contribution < -0.4 is 5.32 Å². The van der Waals surface area contributed by atoms with Crippen molar-refractivity contribution in [3.8, 4) is 0 Å². The Morgan fingerprint density at radius 2 is 2.25 bits per heavy atom. The average Bonchev–Trinajstić information content (AvgIpc) is 2.88. The number of nitrogens with one attached hydrogen (secondary N) is 1. The fourth-order valence-electron chi connectivity index (χ4n) is 1.34. The Hall–Kier alpha value is -1.67. The Balaban J connectivity index is 2.00. The van der Waals surface area contributed by atoms with E-state index in [1.807, 2.05) is 6.92 Å². The average molecular weight is 310 g/mol. The molecule has 0 aliphatic heterocycles. The zero-order valence-corrected chi connectivity index (χ0v) is 12.8. The van der Waals surface area contributed by atoms with E-state index in [4.69, 9.17) is 4.74 Å². The van der Waals surface area contributed by atoms with Gasteiger partial charge in [0.05, 0.1) is 12.2 Å². The molecule has 6 nitrogen and oxygen atoms in total. The van der Waals surface area contributed by atoms with Gasteiger partial charge in [0.25, 0.3) is 0 Å². The van der Waals surface area contributed by atoms with Crippen molar-refractivity contribution in [2.45, 2.75) is 23.2 Å². The summed E-state index contributed by atoms with van der Waals surface area (Å²) in [5.74, 6) is -0.359. The fourth-order valence-corrected chi connectivity index (χ4v) is 3.05. The summed E-state index contributed by atoms with van der Waals surface area (Å²) in [6, 6.07) is 3.46. The van der Waals surface area contributed by atoms with E-state index in [1.165, 1.54) is 29.3 Å². The molecule has 0 saturated heterocycles. The number of pyridine rings is 1. The second-order valence-corrected chi connectivity index (χ2v) is 5.86. The summed E-state index contributed by atoms with van der Waals surface area (Å²) in [4.78, 5) is 15.7.